The first-order valence-electron chi connectivity index (χ1n) is 5.14. The number of carbonyl (C=O) groups excluding carboxylic acids is 1. The molecule has 0 radical (unpaired) electrons. The smallest absolute Gasteiger partial charge is 0.146 e. The second-order valence-corrected chi connectivity index (χ2v) is 3.53. The summed E-state index contributed by atoms with van der Waals surface area (Å²) in [6.45, 7) is 6.30. The minimum atomic E-state index is 0.377. The highest BCUT2D eigenvalue weighted by Gasteiger charge is 2.15. The Labute approximate surface area is 80.1 Å². The highest BCUT2D eigenvalue weighted by atomic mass is 16.5. The summed E-state index contributed by atoms with van der Waals surface area (Å²) in [6.07, 6.45) is 2.86. The summed E-state index contributed by atoms with van der Waals surface area (Å²) in [7, 11) is 0. The molecule has 76 valence electrons. The predicted molar refractivity (Wildman–Crippen MR) is 51.8 cm³/mol. The quantitative estimate of drug-likeness (QED) is 0.600. The standard InChI is InChI=1S/C10H19NO2/c1-2-7-13-8-6-11-5-3-4-10(12)9-11/h2-9H2,1H3. The third-order valence-corrected chi connectivity index (χ3v) is 2.23. The zero-order valence-electron chi connectivity index (χ0n) is 8.42. The molecule has 0 bridgehead atoms. The van der Waals surface area contributed by atoms with Gasteiger partial charge in [-0.05, 0) is 19.4 Å². The Hall–Kier alpha value is -0.410. The van der Waals surface area contributed by atoms with Crippen molar-refractivity contribution < 1.29 is 9.53 Å². The van der Waals surface area contributed by atoms with Crippen molar-refractivity contribution in [1.82, 2.24) is 4.90 Å². The third kappa shape index (κ3) is 4.39. The van der Waals surface area contributed by atoms with Crippen LogP contribution in [0.3, 0.4) is 0 Å². The lowest BCUT2D eigenvalue weighted by Gasteiger charge is -2.25. The first kappa shape index (κ1) is 10.7. The summed E-state index contributed by atoms with van der Waals surface area (Å²) in [4.78, 5) is 13.3. The Morgan fingerprint density at radius 2 is 2.31 bits per heavy atom. The third-order valence-electron chi connectivity index (χ3n) is 2.23. The minimum Gasteiger partial charge on any atom is -0.380 e. The minimum absolute atomic E-state index is 0.377. The van der Waals surface area contributed by atoms with Crippen molar-refractivity contribution in [2.24, 2.45) is 0 Å². The van der Waals surface area contributed by atoms with Gasteiger partial charge in [0, 0.05) is 19.6 Å². The van der Waals surface area contributed by atoms with Crippen molar-refractivity contribution in [2.75, 3.05) is 32.8 Å². The molecular formula is C10H19NO2. The largest absolute Gasteiger partial charge is 0.380 e. The van der Waals surface area contributed by atoms with Crippen LogP contribution in [0.25, 0.3) is 0 Å². The van der Waals surface area contributed by atoms with Crippen LogP contribution in [0.4, 0.5) is 0 Å². The molecule has 0 aromatic carbocycles. The number of nitrogens with zero attached hydrogens (tertiary/aromatic N) is 1. The van der Waals surface area contributed by atoms with Crippen LogP contribution in [0.5, 0.6) is 0 Å². The highest BCUT2D eigenvalue weighted by Crippen LogP contribution is 2.04. The number of piperidine rings is 1. The molecule has 0 saturated carbocycles. The van der Waals surface area contributed by atoms with Gasteiger partial charge in [0.25, 0.3) is 0 Å². The first-order valence-corrected chi connectivity index (χ1v) is 5.14. The van der Waals surface area contributed by atoms with Gasteiger partial charge >= 0.3 is 0 Å². The van der Waals surface area contributed by atoms with Crippen molar-refractivity contribution >= 4 is 5.78 Å². The normalized spacial score (nSPS) is 19.3. The van der Waals surface area contributed by atoms with Gasteiger partial charge in [0.2, 0.25) is 0 Å². The van der Waals surface area contributed by atoms with Crippen LogP contribution in [0.15, 0.2) is 0 Å². The number of hydrogen-bond donors (Lipinski definition) is 0. The van der Waals surface area contributed by atoms with Gasteiger partial charge in [-0.25, -0.2) is 0 Å². The molecule has 13 heavy (non-hydrogen) atoms. The van der Waals surface area contributed by atoms with Gasteiger partial charge in [0.15, 0.2) is 0 Å². The Balaban J connectivity index is 2.03. The molecule has 1 heterocycles. The molecule has 1 aliphatic rings. The number of ketones is 1. The monoisotopic (exact) mass is 185 g/mol. The van der Waals surface area contributed by atoms with Gasteiger partial charge in [-0.3, -0.25) is 9.69 Å². The van der Waals surface area contributed by atoms with Gasteiger partial charge in [0.05, 0.1) is 13.2 Å². The Kier molecular flexibility index (Phi) is 5.01. The summed E-state index contributed by atoms with van der Waals surface area (Å²) in [5.74, 6) is 0.377. The molecule has 1 fully saturated rings. The van der Waals surface area contributed by atoms with Crippen LogP contribution in [-0.2, 0) is 9.53 Å². The maximum atomic E-state index is 11.1. The molecule has 3 heteroatoms. The number of carbonyl (C=O) groups is 1. The van der Waals surface area contributed by atoms with Gasteiger partial charge in [-0.2, -0.15) is 0 Å². The van der Waals surface area contributed by atoms with E-state index in [9.17, 15) is 4.79 Å². The van der Waals surface area contributed by atoms with Gasteiger partial charge in [-0.1, -0.05) is 6.92 Å². The number of Topliss-reactive ketones (excluding diaryl/α,β-unsaturated/α-hetero) is 1. The molecule has 0 atom stereocenters. The summed E-state index contributed by atoms with van der Waals surface area (Å²) in [5.41, 5.74) is 0. The van der Waals surface area contributed by atoms with E-state index in [2.05, 4.69) is 11.8 Å². The molecule has 0 aromatic rings. The van der Waals surface area contributed by atoms with E-state index in [1.165, 1.54) is 0 Å². The van der Waals surface area contributed by atoms with Gasteiger partial charge in [0.1, 0.15) is 5.78 Å². The van der Waals surface area contributed by atoms with Crippen molar-refractivity contribution in [3.63, 3.8) is 0 Å². The Morgan fingerprint density at radius 3 is 3.00 bits per heavy atom. The van der Waals surface area contributed by atoms with E-state index in [0.717, 1.165) is 45.6 Å². The Bertz CT molecular complexity index is 159. The van der Waals surface area contributed by atoms with Crippen molar-refractivity contribution in [1.29, 1.82) is 0 Å². The van der Waals surface area contributed by atoms with E-state index in [-0.39, 0.29) is 0 Å². The van der Waals surface area contributed by atoms with Crippen LogP contribution >= 0.6 is 0 Å². The van der Waals surface area contributed by atoms with Crippen LogP contribution in [-0.4, -0.2) is 43.5 Å². The van der Waals surface area contributed by atoms with Crippen LogP contribution in [0.1, 0.15) is 26.2 Å². The van der Waals surface area contributed by atoms with E-state index in [1.54, 1.807) is 0 Å². The molecule has 0 amide bonds. The Morgan fingerprint density at radius 1 is 1.46 bits per heavy atom. The van der Waals surface area contributed by atoms with E-state index < -0.39 is 0 Å². The van der Waals surface area contributed by atoms with Crippen LogP contribution < -0.4 is 0 Å². The fraction of sp³-hybridized carbons (Fsp3) is 0.900. The zero-order valence-corrected chi connectivity index (χ0v) is 8.42. The van der Waals surface area contributed by atoms with E-state index >= 15 is 0 Å². The van der Waals surface area contributed by atoms with Crippen molar-refractivity contribution in [3.8, 4) is 0 Å². The number of ether oxygens (including phenoxy) is 1. The average Bonchev–Trinajstić information content (AvgIpc) is 2.13. The SMILES string of the molecule is CCCOCCN1CCCC(=O)C1. The second-order valence-electron chi connectivity index (χ2n) is 3.53. The fourth-order valence-electron chi connectivity index (χ4n) is 1.54. The van der Waals surface area contributed by atoms with Gasteiger partial charge < -0.3 is 4.74 Å². The van der Waals surface area contributed by atoms with E-state index in [1.807, 2.05) is 0 Å². The molecule has 0 aliphatic carbocycles. The number of likely N-dealkylation sites (tertiary alicyclic amines) is 1. The molecule has 0 N–H and O–H groups in total. The van der Waals surface area contributed by atoms with Crippen molar-refractivity contribution in [2.45, 2.75) is 26.2 Å². The molecule has 3 nitrogen and oxygen atoms in total. The van der Waals surface area contributed by atoms with E-state index in [4.69, 9.17) is 4.74 Å². The maximum absolute atomic E-state index is 11.1. The van der Waals surface area contributed by atoms with E-state index in [0.29, 0.717) is 12.3 Å². The fourth-order valence-corrected chi connectivity index (χ4v) is 1.54. The molecule has 0 unspecified atom stereocenters. The number of rotatable bonds is 5. The summed E-state index contributed by atoms with van der Waals surface area (Å²) < 4.78 is 5.37. The molecule has 1 rings (SSSR count). The van der Waals surface area contributed by atoms with Crippen LogP contribution in [0.2, 0.25) is 0 Å². The lowest BCUT2D eigenvalue weighted by Crippen LogP contribution is -2.37. The molecule has 0 aromatic heterocycles. The average molecular weight is 185 g/mol. The first-order chi connectivity index (χ1) is 6.33. The molecule has 0 spiro atoms. The van der Waals surface area contributed by atoms with Crippen molar-refractivity contribution in [3.05, 3.63) is 0 Å². The lowest BCUT2D eigenvalue weighted by atomic mass is 10.1. The zero-order chi connectivity index (χ0) is 9.52. The second kappa shape index (κ2) is 6.11. The molecule has 1 aliphatic heterocycles. The summed E-state index contributed by atoms with van der Waals surface area (Å²) in [5, 5.41) is 0. The lowest BCUT2D eigenvalue weighted by molar-refractivity contribution is -0.122. The summed E-state index contributed by atoms with van der Waals surface area (Å²) >= 11 is 0. The van der Waals surface area contributed by atoms with Gasteiger partial charge in [-0.15, -0.1) is 0 Å². The highest BCUT2D eigenvalue weighted by molar-refractivity contribution is 5.81. The molecular weight excluding hydrogens is 166 g/mol. The predicted octanol–water partition coefficient (Wildman–Crippen LogP) is 1.08. The van der Waals surface area contributed by atoms with Crippen LogP contribution in [0, 0.1) is 0 Å². The number of hydrogen-bond acceptors (Lipinski definition) is 3. The summed E-state index contributed by atoms with van der Waals surface area (Å²) in [6, 6.07) is 0. The molecule has 1 saturated heterocycles. The maximum Gasteiger partial charge on any atom is 0.146 e. The topological polar surface area (TPSA) is 29.5 Å².